The number of fused-ring (bicyclic) bond motifs is 1. The molecule has 0 radical (unpaired) electrons. The summed E-state index contributed by atoms with van der Waals surface area (Å²) in [6.45, 7) is 1.17. The third kappa shape index (κ3) is 5.36. The van der Waals surface area contributed by atoms with Gasteiger partial charge < -0.3 is 14.6 Å². The molecule has 0 bridgehead atoms. The van der Waals surface area contributed by atoms with Crippen LogP contribution in [-0.2, 0) is 20.1 Å². The number of rotatable bonds is 7. The van der Waals surface area contributed by atoms with Crippen molar-refractivity contribution in [2.75, 3.05) is 0 Å². The smallest absolute Gasteiger partial charge is 0.408 e. The first kappa shape index (κ1) is 25.3. The van der Waals surface area contributed by atoms with Crippen LogP contribution in [0.4, 0.5) is 13.2 Å². The Hall–Kier alpha value is -3.84. The van der Waals surface area contributed by atoms with Crippen LogP contribution in [0.1, 0.15) is 12.5 Å². The second-order valence-electron chi connectivity index (χ2n) is 7.92. The predicted octanol–water partition coefficient (Wildman–Crippen LogP) is 3.22. The number of hydrogen-bond donors (Lipinski definition) is 1. The van der Waals surface area contributed by atoms with Crippen LogP contribution in [0, 0.1) is 4.91 Å². The molecule has 10 nitrogen and oxygen atoms in total. The predicted molar refractivity (Wildman–Crippen MR) is 122 cm³/mol. The van der Waals surface area contributed by atoms with E-state index in [2.05, 4.69) is 9.72 Å². The van der Waals surface area contributed by atoms with Gasteiger partial charge in [0.05, 0.1) is 12.6 Å². The van der Waals surface area contributed by atoms with Gasteiger partial charge in [0.15, 0.2) is 0 Å². The molecule has 190 valence electrons. The molecule has 1 N–H and O–H groups in total. The molecule has 0 aliphatic heterocycles. The Morgan fingerprint density at radius 2 is 1.83 bits per heavy atom. The van der Waals surface area contributed by atoms with Gasteiger partial charge in [-0.25, -0.2) is 4.79 Å². The molecule has 0 saturated heterocycles. The highest BCUT2D eigenvalue weighted by molar-refractivity contribution is 6.30. The summed E-state index contributed by atoms with van der Waals surface area (Å²) in [5.41, 5.74) is -0.163. The van der Waals surface area contributed by atoms with Gasteiger partial charge in [-0.1, -0.05) is 29.8 Å². The molecule has 1 atom stereocenters. The van der Waals surface area contributed by atoms with E-state index in [4.69, 9.17) is 16.3 Å². The van der Waals surface area contributed by atoms with Crippen molar-refractivity contribution in [3.05, 3.63) is 74.5 Å². The number of aryl methyl sites for hydroxylation is 1. The minimum atomic E-state index is -4.90. The number of aliphatic hydroxyl groups excluding tert-OH is 1. The molecule has 0 aliphatic rings. The zero-order valence-corrected chi connectivity index (χ0v) is 19.7. The third-order valence-electron chi connectivity index (χ3n) is 5.05. The van der Waals surface area contributed by atoms with E-state index in [1.54, 1.807) is 24.3 Å². The van der Waals surface area contributed by atoms with E-state index in [9.17, 15) is 28.0 Å². The standard InChI is InChI=1S/C22H20ClF3N5O5/c1-13(32)11-30-21(33)28(2)18-19(31(30)34)29(12-14-6-8-15(23)9-7-14)20(27-18)35-16-4-3-5-17(10-16)36-22(24,25)26/h3-10,13,32H,11-12H2,1-2H3/q+1. The number of imidazole rings is 1. The Bertz CT molecular complexity index is 1530. The molecule has 0 saturated carbocycles. The fraction of sp³-hybridized carbons (Fsp3) is 0.273. The van der Waals surface area contributed by atoms with Crippen LogP contribution in [0.15, 0.2) is 53.3 Å². The number of ether oxygens (including phenoxy) is 2. The molecule has 0 fully saturated rings. The number of halogens is 4. The van der Waals surface area contributed by atoms with E-state index in [-0.39, 0.29) is 36.1 Å². The van der Waals surface area contributed by atoms with Gasteiger partial charge >= 0.3 is 23.7 Å². The fourth-order valence-electron chi connectivity index (χ4n) is 3.52. The quantitative estimate of drug-likeness (QED) is 0.371. The molecule has 36 heavy (non-hydrogen) atoms. The largest absolute Gasteiger partial charge is 0.573 e. The maximum atomic E-state index is 13.3. The molecule has 0 aliphatic carbocycles. The lowest BCUT2D eigenvalue weighted by Crippen LogP contribution is -2.48. The SMILES string of the molecule is CC(O)Cn1c(=O)n(C)c2nc(Oc3cccc(OC(F)(F)F)c3)n(Cc3ccc(Cl)cc3)c2[n+]1=O. The number of hydrogen-bond acceptors (Lipinski definition) is 6. The van der Waals surface area contributed by atoms with Gasteiger partial charge in [-0.3, -0.25) is 4.57 Å². The summed E-state index contributed by atoms with van der Waals surface area (Å²) in [7, 11) is 1.39. The highest BCUT2D eigenvalue weighted by Gasteiger charge is 2.32. The molecule has 2 aromatic carbocycles. The lowest BCUT2D eigenvalue weighted by atomic mass is 10.2. The molecule has 4 aromatic rings. The van der Waals surface area contributed by atoms with E-state index >= 15 is 0 Å². The number of benzene rings is 2. The molecule has 1 unspecified atom stereocenters. The number of aromatic nitrogens is 5. The second-order valence-corrected chi connectivity index (χ2v) is 8.36. The average molecular weight is 527 g/mol. The summed E-state index contributed by atoms with van der Waals surface area (Å²) in [6, 6.07) is 11.3. The van der Waals surface area contributed by atoms with Gasteiger partial charge in [0, 0.05) is 18.1 Å². The number of alkyl halides is 3. The Labute approximate surface area is 205 Å². The van der Waals surface area contributed by atoms with Crippen molar-refractivity contribution < 1.29 is 32.3 Å². The van der Waals surface area contributed by atoms with Crippen molar-refractivity contribution in [1.29, 1.82) is 0 Å². The highest BCUT2D eigenvalue weighted by atomic mass is 35.5. The maximum Gasteiger partial charge on any atom is 0.573 e. The normalized spacial score (nSPS) is 12.6. The Morgan fingerprint density at radius 1 is 1.17 bits per heavy atom. The minimum Gasteiger partial charge on any atom is -0.408 e. The topological polar surface area (TPSA) is 106 Å². The summed E-state index contributed by atoms with van der Waals surface area (Å²) in [4.78, 5) is 30.3. The van der Waals surface area contributed by atoms with E-state index in [1.165, 1.54) is 30.7 Å². The molecule has 0 amide bonds. The number of nitrogens with zero attached hydrogens (tertiary/aromatic N) is 5. The molecule has 4 rings (SSSR count). The van der Waals surface area contributed by atoms with Crippen molar-refractivity contribution >= 4 is 22.9 Å². The Balaban J connectivity index is 1.88. The van der Waals surface area contributed by atoms with Crippen LogP contribution in [0.25, 0.3) is 11.3 Å². The molecular weight excluding hydrogens is 507 g/mol. The van der Waals surface area contributed by atoms with Gasteiger partial charge in [0.25, 0.3) is 0 Å². The lowest BCUT2D eigenvalue weighted by Gasteiger charge is -2.10. The monoisotopic (exact) mass is 526 g/mol. The first-order valence-corrected chi connectivity index (χ1v) is 10.9. The van der Waals surface area contributed by atoms with E-state index < -0.39 is 23.9 Å². The second kappa shape index (κ2) is 9.66. The molecule has 2 aromatic heterocycles. The van der Waals surface area contributed by atoms with Gasteiger partial charge in [0.1, 0.15) is 22.6 Å². The van der Waals surface area contributed by atoms with Crippen molar-refractivity contribution in [2.24, 2.45) is 7.05 Å². The molecule has 14 heteroatoms. The Kier molecular flexibility index (Phi) is 6.78. The first-order valence-electron chi connectivity index (χ1n) is 10.5. The van der Waals surface area contributed by atoms with Crippen LogP contribution in [0.3, 0.4) is 0 Å². The van der Waals surface area contributed by atoms with Crippen molar-refractivity contribution in [2.45, 2.75) is 32.5 Å². The van der Waals surface area contributed by atoms with Gasteiger partial charge in [-0.2, -0.15) is 4.57 Å². The number of aliphatic hydroxyl groups is 1. The average Bonchev–Trinajstić information content (AvgIpc) is 3.13. The van der Waals surface area contributed by atoms with Crippen LogP contribution >= 0.6 is 11.6 Å². The van der Waals surface area contributed by atoms with Gasteiger partial charge in [0.2, 0.25) is 5.65 Å². The third-order valence-corrected chi connectivity index (χ3v) is 5.31. The summed E-state index contributed by atoms with van der Waals surface area (Å²) < 4.78 is 51.2. The fourth-order valence-corrected chi connectivity index (χ4v) is 3.64. The van der Waals surface area contributed by atoms with Crippen LogP contribution in [0.2, 0.25) is 5.02 Å². The molecule has 0 spiro atoms. The van der Waals surface area contributed by atoms with Gasteiger partial charge in [-0.05, 0) is 41.7 Å². The van der Waals surface area contributed by atoms with Crippen LogP contribution < -0.4 is 19.7 Å². The van der Waals surface area contributed by atoms with Crippen LogP contribution in [-0.4, -0.2) is 36.4 Å². The summed E-state index contributed by atoms with van der Waals surface area (Å²) >= 11 is 5.97. The van der Waals surface area contributed by atoms with Crippen molar-refractivity contribution in [1.82, 2.24) is 18.8 Å². The molecule has 2 heterocycles. The molecular formula is C22H20ClF3N5O5+. The van der Waals surface area contributed by atoms with E-state index in [0.717, 1.165) is 21.4 Å². The highest BCUT2D eigenvalue weighted by Crippen LogP contribution is 2.30. The maximum absolute atomic E-state index is 13.3. The first-order chi connectivity index (χ1) is 16.9. The van der Waals surface area contributed by atoms with E-state index in [0.29, 0.717) is 15.1 Å². The minimum absolute atomic E-state index is 0.0384. The van der Waals surface area contributed by atoms with Gasteiger partial charge in [-0.15, -0.1) is 22.8 Å². The summed E-state index contributed by atoms with van der Waals surface area (Å²) in [5.74, 6) is -0.565. The van der Waals surface area contributed by atoms with Crippen LogP contribution in [0.5, 0.6) is 17.5 Å². The van der Waals surface area contributed by atoms with E-state index in [1.807, 2.05) is 0 Å². The van der Waals surface area contributed by atoms with Crippen molar-refractivity contribution in [3.63, 3.8) is 0 Å². The summed E-state index contributed by atoms with van der Waals surface area (Å²) in [6.07, 6.45) is -5.90. The zero-order chi connectivity index (χ0) is 26.2. The van der Waals surface area contributed by atoms with Crippen molar-refractivity contribution in [3.8, 4) is 17.5 Å². The zero-order valence-electron chi connectivity index (χ0n) is 18.9. The summed E-state index contributed by atoms with van der Waals surface area (Å²) in [5, 5.41) is 10.3. The Morgan fingerprint density at radius 3 is 2.47 bits per heavy atom. The lowest BCUT2D eigenvalue weighted by molar-refractivity contribution is -0.580.